The number of nitrogens with one attached hydrogen (secondary N) is 2. The minimum atomic E-state index is -0.254. The van der Waals surface area contributed by atoms with E-state index in [1.165, 1.54) is 0 Å². The summed E-state index contributed by atoms with van der Waals surface area (Å²) in [6, 6.07) is 2.97. The highest BCUT2D eigenvalue weighted by atomic mass is 16.3. The fraction of sp³-hybridized carbons (Fsp3) is 0.417. The number of rotatable bonds is 4. The number of aromatic hydroxyl groups is 1. The monoisotopic (exact) mass is 237 g/mol. The van der Waals surface area contributed by atoms with Gasteiger partial charge in [-0.1, -0.05) is 0 Å². The van der Waals surface area contributed by atoms with Crippen molar-refractivity contribution in [1.82, 2.24) is 5.32 Å². The number of hydrogen-bond acceptors (Lipinski definition) is 3. The first-order valence-electron chi connectivity index (χ1n) is 5.59. The Balaban J connectivity index is 2.65. The molecule has 0 atom stereocenters. The van der Waals surface area contributed by atoms with Crippen molar-refractivity contribution in [2.75, 3.05) is 18.4 Å². The number of phenolic OH excluding ortho intramolecular Hbond substituents is 1. The van der Waals surface area contributed by atoms with Crippen molar-refractivity contribution < 1.29 is 9.90 Å². The molecule has 0 aliphatic carbocycles. The number of carbonyl (C=O) groups is 1. The van der Waals surface area contributed by atoms with Gasteiger partial charge in [0.2, 0.25) is 0 Å². The van der Waals surface area contributed by atoms with Gasteiger partial charge in [0.25, 0.3) is 0 Å². The lowest BCUT2D eigenvalue weighted by Gasteiger charge is -2.12. The maximum atomic E-state index is 11.6. The molecule has 17 heavy (non-hydrogen) atoms. The highest BCUT2D eigenvalue weighted by molar-refractivity contribution is 5.91. The Kier molecular flexibility index (Phi) is 4.78. The lowest BCUT2D eigenvalue weighted by atomic mass is 10.1. The molecular weight excluding hydrogens is 218 g/mol. The van der Waals surface area contributed by atoms with Gasteiger partial charge in [-0.15, -0.1) is 0 Å². The number of nitrogens with two attached hydrogens (primary N) is 1. The number of aryl methyl sites for hydroxylation is 2. The van der Waals surface area contributed by atoms with Gasteiger partial charge in [0.05, 0.1) is 0 Å². The molecule has 0 aliphatic heterocycles. The molecule has 5 heteroatoms. The van der Waals surface area contributed by atoms with Crippen molar-refractivity contribution in [2.45, 2.75) is 20.3 Å². The Morgan fingerprint density at radius 2 is 1.94 bits per heavy atom. The van der Waals surface area contributed by atoms with E-state index >= 15 is 0 Å². The van der Waals surface area contributed by atoms with E-state index in [2.05, 4.69) is 10.6 Å². The number of urea groups is 1. The molecule has 1 rings (SSSR count). The number of benzene rings is 1. The van der Waals surface area contributed by atoms with Crippen LogP contribution in [0.2, 0.25) is 0 Å². The lowest BCUT2D eigenvalue weighted by molar-refractivity contribution is 0.252. The first-order chi connectivity index (χ1) is 8.04. The average molecular weight is 237 g/mol. The van der Waals surface area contributed by atoms with E-state index in [1.54, 1.807) is 12.1 Å². The Labute approximate surface area is 101 Å². The Hall–Kier alpha value is -1.75. The van der Waals surface area contributed by atoms with Crippen molar-refractivity contribution in [2.24, 2.45) is 5.73 Å². The molecule has 0 unspecified atom stereocenters. The molecule has 0 aliphatic rings. The second-order valence-electron chi connectivity index (χ2n) is 3.98. The van der Waals surface area contributed by atoms with Crippen LogP contribution in [-0.4, -0.2) is 24.2 Å². The molecule has 94 valence electrons. The third kappa shape index (κ3) is 3.96. The van der Waals surface area contributed by atoms with Gasteiger partial charge >= 0.3 is 6.03 Å². The Morgan fingerprint density at radius 3 is 2.47 bits per heavy atom. The summed E-state index contributed by atoms with van der Waals surface area (Å²) in [4.78, 5) is 11.6. The summed E-state index contributed by atoms with van der Waals surface area (Å²) in [5.74, 6) is 0.203. The second kappa shape index (κ2) is 6.10. The van der Waals surface area contributed by atoms with E-state index in [0.29, 0.717) is 13.1 Å². The third-order valence-electron chi connectivity index (χ3n) is 2.42. The average Bonchev–Trinajstić information content (AvgIpc) is 2.24. The molecule has 0 radical (unpaired) electrons. The van der Waals surface area contributed by atoms with Crippen molar-refractivity contribution in [3.05, 3.63) is 23.3 Å². The summed E-state index contributed by atoms with van der Waals surface area (Å²) in [7, 11) is 0. The molecule has 5 N–H and O–H groups in total. The highest BCUT2D eigenvalue weighted by Crippen LogP contribution is 2.25. The lowest BCUT2D eigenvalue weighted by Crippen LogP contribution is -2.31. The number of phenols is 1. The van der Waals surface area contributed by atoms with E-state index in [-0.39, 0.29) is 11.8 Å². The van der Waals surface area contributed by atoms with Crippen LogP contribution < -0.4 is 16.4 Å². The van der Waals surface area contributed by atoms with Gasteiger partial charge in [-0.05, 0) is 50.1 Å². The van der Waals surface area contributed by atoms with Crippen LogP contribution in [-0.2, 0) is 0 Å². The third-order valence-corrected chi connectivity index (χ3v) is 2.42. The van der Waals surface area contributed by atoms with Crippen LogP contribution in [0.3, 0.4) is 0 Å². The Morgan fingerprint density at radius 1 is 1.35 bits per heavy atom. The first kappa shape index (κ1) is 13.3. The zero-order valence-corrected chi connectivity index (χ0v) is 10.2. The van der Waals surface area contributed by atoms with Gasteiger partial charge in [0.15, 0.2) is 0 Å². The van der Waals surface area contributed by atoms with E-state index in [0.717, 1.165) is 23.2 Å². The van der Waals surface area contributed by atoms with Gasteiger partial charge in [0.1, 0.15) is 5.75 Å². The molecule has 1 aromatic carbocycles. The van der Waals surface area contributed by atoms with Crippen LogP contribution in [0.4, 0.5) is 10.5 Å². The van der Waals surface area contributed by atoms with Crippen molar-refractivity contribution in [3.63, 3.8) is 0 Å². The first-order valence-corrected chi connectivity index (χ1v) is 5.59. The second-order valence-corrected chi connectivity index (χ2v) is 3.98. The number of anilines is 1. The van der Waals surface area contributed by atoms with Crippen molar-refractivity contribution in [3.8, 4) is 5.75 Å². The largest absolute Gasteiger partial charge is 0.508 e. The fourth-order valence-corrected chi connectivity index (χ4v) is 1.60. The molecule has 0 fully saturated rings. The number of hydrogen-bond donors (Lipinski definition) is 4. The highest BCUT2D eigenvalue weighted by Gasteiger charge is 2.07. The number of carbonyl (C=O) groups excluding carboxylic acids is 1. The van der Waals surface area contributed by atoms with Crippen molar-refractivity contribution in [1.29, 1.82) is 0 Å². The maximum absolute atomic E-state index is 11.6. The summed E-state index contributed by atoms with van der Waals surface area (Å²) in [5, 5.41) is 14.9. The molecule has 2 amide bonds. The van der Waals surface area contributed by atoms with Crippen LogP contribution in [0.5, 0.6) is 5.75 Å². The molecule has 0 saturated carbocycles. The zero-order chi connectivity index (χ0) is 12.8. The molecular formula is C12H19N3O2. The summed E-state index contributed by atoms with van der Waals surface area (Å²) in [6.45, 7) is 4.78. The van der Waals surface area contributed by atoms with E-state index in [1.807, 2.05) is 13.8 Å². The molecule has 0 heterocycles. The predicted octanol–water partition coefficient (Wildman–Crippen LogP) is 1.48. The smallest absolute Gasteiger partial charge is 0.319 e. The minimum Gasteiger partial charge on any atom is -0.508 e. The normalized spacial score (nSPS) is 10.1. The minimum absolute atomic E-state index is 0.203. The van der Waals surface area contributed by atoms with Crippen LogP contribution in [0.15, 0.2) is 12.1 Å². The van der Waals surface area contributed by atoms with Gasteiger partial charge in [0, 0.05) is 12.2 Å². The van der Waals surface area contributed by atoms with Gasteiger partial charge in [-0.2, -0.15) is 0 Å². The van der Waals surface area contributed by atoms with Crippen LogP contribution in [0.1, 0.15) is 17.5 Å². The topological polar surface area (TPSA) is 87.4 Å². The molecule has 0 bridgehead atoms. The van der Waals surface area contributed by atoms with E-state index in [9.17, 15) is 9.90 Å². The zero-order valence-electron chi connectivity index (χ0n) is 10.2. The van der Waals surface area contributed by atoms with Gasteiger partial charge in [-0.25, -0.2) is 4.79 Å². The van der Waals surface area contributed by atoms with Gasteiger partial charge < -0.3 is 21.5 Å². The summed E-state index contributed by atoms with van der Waals surface area (Å²) in [6.07, 6.45) is 0.751. The molecule has 0 saturated heterocycles. The van der Waals surface area contributed by atoms with Crippen molar-refractivity contribution >= 4 is 11.7 Å². The molecule has 0 aromatic heterocycles. The predicted molar refractivity (Wildman–Crippen MR) is 68.3 cm³/mol. The van der Waals surface area contributed by atoms with Crippen LogP contribution >= 0.6 is 0 Å². The van der Waals surface area contributed by atoms with E-state index < -0.39 is 0 Å². The van der Waals surface area contributed by atoms with Crippen LogP contribution in [0.25, 0.3) is 0 Å². The fourth-order valence-electron chi connectivity index (χ4n) is 1.60. The molecule has 0 spiro atoms. The summed E-state index contributed by atoms with van der Waals surface area (Å²) >= 11 is 0. The van der Waals surface area contributed by atoms with E-state index in [4.69, 9.17) is 5.73 Å². The SMILES string of the molecule is Cc1cc(O)cc(C)c1NC(=O)NCCCN. The van der Waals surface area contributed by atoms with Gasteiger partial charge in [-0.3, -0.25) is 0 Å². The standard InChI is InChI=1S/C12H19N3O2/c1-8-6-10(16)7-9(2)11(8)15-12(17)14-5-3-4-13/h6-7,16H,3-5,13H2,1-2H3,(H2,14,15,17). The maximum Gasteiger partial charge on any atom is 0.319 e. The van der Waals surface area contributed by atoms with Crippen LogP contribution in [0, 0.1) is 13.8 Å². The number of amides is 2. The molecule has 5 nitrogen and oxygen atoms in total. The summed E-state index contributed by atoms with van der Waals surface area (Å²) < 4.78 is 0. The summed E-state index contributed by atoms with van der Waals surface area (Å²) in [5.41, 5.74) is 7.72. The molecule has 1 aromatic rings. The Bertz CT molecular complexity index is 382. The quantitative estimate of drug-likeness (QED) is 0.472.